The number of hydrogen-bond acceptors (Lipinski definition) is 1. The van der Waals surface area contributed by atoms with Gasteiger partial charge in [-0.1, -0.05) is 6.42 Å². The first-order valence-electron chi connectivity index (χ1n) is 5.44. The Morgan fingerprint density at radius 2 is 2.27 bits per heavy atom. The number of aromatic nitrogens is 2. The van der Waals surface area contributed by atoms with Crippen molar-refractivity contribution in [3.8, 4) is 0 Å². The molecule has 1 fully saturated rings. The fraction of sp³-hybridized carbons (Fsp3) is 0.727. The van der Waals surface area contributed by atoms with Crippen LogP contribution in [0, 0.1) is 5.92 Å². The molecule has 0 spiro atoms. The number of rotatable bonds is 2. The van der Waals surface area contributed by atoms with Crippen molar-refractivity contribution < 1.29 is 8.78 Å². The van der Waals surface area contributed by atoms with E-state index in [1.54, 1.807) is 6.20 Å². The lowest BCUT2D eigenvalue weighted by molar-refractivity contribution is -0.0560. The van der Waals surface area contributed by atoms with Crippen LogP contribution in [0.2, 0.25) is 0 Å². The Morgan fingerprint density at radius 3 is 2.87 bits per heavy atom. The Labute approximate surface area is 88.1 Å². The van der Waals surface area contributed by atoms with Crippen LogP contribution in [0.15, 0.2) is 12.3 Å². The summed E-state index contributed by atoms with van der Waals surface area (Å²) < 4.78 is 26.4. The van der Waals surface area contributed by atoms with Crippen LogP contribution in [0.3, 0.4) is 0 Å². The summed E-state index contributed by atoms with van der Waals surface area (Å²) in [5.41, 5.74) is 1.00. The standard InChI is InChI=1S/C11H16F2N2/c1-11(12,13)9-4-2-3-8(7-9)10-5-6-14-15-10/h5-6,8-9H,2-4,7H2,1H3,(H,14,15). The first-order chi connectivity index (χ1) is 7.07. The van der Waals surface area contributed by atoms with Crippen molar-refractivity contribution in [1.82, 2.24) is 10.2 Å². The molecule has 0 bridgehead atoms. The van der Waals surface area contributed by atoms with Crippen LogP contribution in [0.25, 0.3) is 0 Å². The zero-order chi connectivity index (χ0) is 10.9. The van der Waals surface area contributed by atoms with E-state index in [-0.39, 0.29) is 5.92 Å². The van der Waals surface area contributed by atoms with Gasteiger partial charge in [0, 0.05) is 23.7 Å². The van der Waals surface area contributed by atoms with E-state index in [0.29, 0.717) is 12.8 Å². The molecule has 2 rings (SSSR count). The highest BCUT2D eigenvalue weighted by Crippen LogP contribution is 2.42. The topological polar surface area (TPSA) is 28.7 Å². The van der Waals surface area contributed by atoms with Gasteiger partial charge in [-0.3, -0.25) is 5.10 Å². The van der Waals surface area contributed by atoms with Crippen molar-refractivity contribution in [3.05, 3.63) is 18.0 Å². The molecule has 1 heterocycles. The second-order valence-electron chi connectivity index (χ2n) is 4.53. The molecule has 4 heteroatoms. The molecular weight excluding hydrogens is 198 g/mol. The fourth-order valence-electron chi connectivity index (χ4n) is 2.43. The number of aromatic amines is 1. The minimum absolute atomic E-state index is 0.233. The van der Waals surface area contributed by atoms with Crippen molar-refractivity contribution in [2.75, 3.05) is 0 Å². The van der Waals surface area contributed by atoms with Crippen molar-refractivity contribution in [2.24, 2.45) is 5.92 Å². The monoisotopic (exact) mass is 214 g/mol. The zero-order valence-corrected chi connectivity index (χ0v) is 8.84. The Kier molecular flexibility index (Phi) is 2.76. The predicted octanol–water partition coefficient (Wildman–Crippen LogP) is 3.34. The van der Waals surface area contributed by atoms with Gasteiger partial charge in [-0.25, -0.2) is 8.78 Å². The van der Waals surface area contributed by atoms with E-state index in [1.165, 1.54) is 0 Å². The summed E-state index contributed by atoms with van der Waals surface area (Å²) in [4.78, 5) is 0. The van der Waals surface area contributed by atoms with Crippen LogP contribution in [-0.4, -0.2) is 16.1 Å². The number of nitrogens with one attached hydrogen (secondary N) is 1. The highest BCUT2D eigenvalue weighted by Gasteiger charge is 2.38. The fourth-order valence-corrected chi connectivity index (χ4v) is 2.43. The molecule has 15 heavy (non-hydrogen) atoms. The second-order valence-corrected chi connectivity index (χ2v) is 4.53. The molecule has 0 aliphatic heterocycles. The molecule has 84 valence electrons. The van der Waals surface area contributed by atoms with E-state index in [0.717, 1.165) is 25.5 Å². The van der Waals surface area contributed by atoms with Crippen LogP contribution in [0.5, 0.6) is 0 Å². The molecule has 2 unspecified atom stereocenters. The summed E-state index contributed by atoms with van der Waals surface area (Å²) in [5.74, 6) is -2.78. The van der Waals surface area contributed by atoms with E-state index < -0.39 is 11.8 Å². The lowest BCUT2D eigenvalue weighted by Crippen LogP contribution is -2.29. The minimum atomic E-state index is -2.54. The SMILES string of the molecule is CC(F)(F)C1CCCC(c2ccn[nH]2)C1. The van der Waals surface area contributed by atoms with Gasteiger partial charge in [-0.15, -0.1) is 0 Å². The highest BCUT2D eigenvalue weighted by atomic mass is 19.3. The van der Waals surface area contributed by atoms with Crippen molar-refractivity contribution in [1.29, 1.82) is 0 Å². The number of halogens is 2. The lowest BCUT2D eigenvalue weighted by atomic mass is 9.77. The third-order valence-corrected chi connectivity index (χ3v) is 3.35. The molecule has 0 aromatic carbocycles. The molecule has 1 saturated carbocycles. The van der Waals surface area contributed by atoms with E-state index in [2.05, 4.69) is 10.2 Å². The van der Waals surface area contributed by atoms with Crippen molar-refractivity contribution in [2.45, 2.75) is 44.4 Å². The first kappa shape index (κ1) is 10.6. The Bertz CT molecular complexity index is 303. The second kappa shape index (κ2) is 3.91. The number of nitrogens with zero attached hydrogens (tertiary/aromatic N) is 1. The number of alkyl halides is 2. The average molecular weight is 214 g/mol. The number of H-pyrrole nitrogens is 1. The molecular formula is C11H16F2N2. The van der Waals surface area contributed by atoms with Gasteiger partial charge in [0.2, 0.25) is 5.92 Å². The summed E-state index contributed by atoms with van der Waals surface area (Å²) in [6.45, 7) is 1.03. The van der Waals surface area contributed by atoms with E-state index >= 15 is 0 Å². The van der Waals surface area contributed by atoms with Gasteiger partial charge in [0.25, 0.3) is 0 Å². The van der Waals surface area contributed by atoms with Crippen molar-refractivity contribution in [3.63, 3.8) is 0 Å². The number of hydrogen-bond donors (Lipinski definition) is 1. The molecule has 1 aliphatic carbocycles. The molecule has 0 radical (unpaired) electrons. The first-order valence-corrected chi connectivity index (χ1v) is 5.44. The third-order valence-electron chi connectivity index (χ3n) is 3.35. The molecule has 2 nitrogen and oxygen atoms in total. The molecule has 0 saturated heterocycles. The summed E-state index contributed by atoms with van der Waals surface area (Å²) in [6, 6.07) is 1.89. The minimum Gasteiger partial charge on any atom is -0.282 e. The Hall–Kier alpha value is -0.930. The summed E-state index contributed by atoms with van der Waals surface area (Å²) in [5, 5.41) is 6.76. The van der Waals surface area contributed by atoms with E-state index in [9.17, 15) is 8.78 Å². The third kappa shape index (κ3) is 2.36. The van der Waals surface area contributed by atoms with Crippen LogP contribution in [-0.2, 0) is 0 Å². The van der Waals surface area contributed by atoms with Gasteiger partial charge < -0.3 is 0 Å². The van der Waals surface area contributed by atoms with Gasteiger partial charge in [0.1, 0.15) is 0 Å². The van der Waals surface area contributed by atoms with Crippen molar-refractivity contribution >= 4 is 0 Å². The zero-order valence-electron chi connectivity index (χ0n) is 8.84. The smallest absolute Gasteiger partial charge is 0.248 e. The van der Waals surface area contributed by atoms with Gasteiger partial charge >= 0.3 is 0 Å². The summed E-state index contributed by atoms with van der Waals surface area (Å²) in [7, 11) is 0. The van der Waals surface area contributed by atoms with Crippen LogP contribution >= 0.6 is 0 Å². The quantitative estimate of drug-likeness (QED) is 0.803. The maximum atomic E-state index is 13.2. The molecule has 1 N–H and O–H groups in total. The highest BCUT2D eigenvalue weighted by molar-refractivity contribution is 5.07. The largest absolute Gasteiger partial charge is 0.282 e. The van der Waals surface area contributed by atoms with Gasteiger partial charge in [0.15, 0.2) is 0 Å². The van der Waals surface area contributed by atoms with E-state index in [4.69, 9.17) is 0 Å². The maximum Gasteiger partial charge on any atom is 0.248 e. The van der Waals surface area contributed by atoms with Gasteiger partial charge in [0.05, 0.1) is 0 Å². The molecule has 0 amide bonds. The Balaban J connectivity index is 2.05. The molecule has 1 aliphatic rings. The van der Waals surface area contributed by atoms with Crippen LogP contribution in [0.1, 0.15) is 44.2 Å². The van der Waals surface area contributed by atoms with Crippen LogP contribution in [0.4, 0.5) is 8.78 Å². The van der Waals surface area contributed by atoms with Gasteiger partial charge in [-0.2, -0.15) is 5.10 Å². The average Bonchev–Trinajstić information content (AvgIpc) is 2.69. The maximum absolute atomic E-state index is 13.2. The molecule has 2 atom stereocenters. The van der Waals surface area contributed by atoms with Crippen LogP contribution < -0.4 is 0 Å². The summed E-state index contributed by atoms with van der Waals surface area (Å²) >= 11 is 0. The molecule has 1 aromatic rings. The normalized spacial score (nSPS) is 27.9. The predicted molar refractivity (Wildman–Crippen MR) is 53.9 cm³/mol. The van der Waals surface area contributed by atoms with Gasteiger partial charge in [-0.05, 0) is 32.3 Å². The van der Waals surface area contributed by atoms with E-state index in [1.807, 2.05) is 6.07 Å². The summed E-state index contributed by atoms with van der Waals surface area (Å²) in [6.07, 6.45) is 4.79. The lowest BCUT2D eigenvalue weighted by Gasteiger charge is -2.32. The molecule has 1 aromatic heterocycles. The Morgan fingerprint density at radius 1 is 1.47 bits per heavy atom.